The zero-order valence-electron chi connectivity index (χ0n) is 11.9. The molecule has 2 heterocycles. The Bertz CT molecular complexity index is 409. The Balaban J connectivity index is 1.88. The third-order valence-electron chi connectivity index (χ3n) is 3.04. The SMILES string of the molecule is CC(C)(C)OC(=O)N1CCC[C@@H](Nc2cc[nH]c2)C1. The summed E-state index contributed by atoms with van der Waals surface area (Å²) in [6.07, 6.45) is 5.67. The van der Waals surface area contributed by atoms with Gasteiger partial charge in [0.1, 0.15) is 5.60 Å². The molecular formula is C14H23N3O2. The molecular weight excluding hydrogens is 242 g/mol. The van der Waals surface area contributed by atoms with Crippen LogP contribution in [0.1, 0.15) is 33.6 Å². The quantitative estimate of drug-likeness (QED) is 0.864. The molecule has 1 saturated heterocycles. The Morgan fingerprint density at radius 1 is 1.53 bits per heavy atom. The topological polar surface area (TPSA) is 57.4 Å². The molecule has 0 aromatic carbocycles. The van der Waals surface area contributed by atoms with E-state index in [0.29, 0.717) is 6.54 Å². The Labute approximate surface area is 114 Å². The molecule has 5 nitrogen and oxygen atoms in total. The number of carbonyl (C=O) groups is 1. The van der Waals surface area contributed by atoms with E-state index in [4.69, 9.17) is 4.74 Å². The number of nitrogens with zero attached hydrogens (tertiary/aromatic N) is 1. The molecule has 1 amide bonds. The summed E-state index contributed by atoms with van der Waals surface area (Å²) in [5.41, 5.74) is 0.633. The van der Waals surface area contributed by atoms with Crippen LogP contribution in [-0.4, -0.2) is 40.7 Å². The van der Waals surface area contributed by atoms with E-state index in [1.165, 1.54) is 0 Å². The van der Waals surface area contributed by atoms with E-state index in [-0.39, 0.29) is 12.1 Å². The monoisotopic (exact) mass is 265 g/mol. The third kappa shape index (κ3) is 4.19. The molecule has 1 aromatic heterocycles. The third-order valence-corrected chi connectivity index (χ3v) is 3.04. The Hall–Kier alpha value is -1.65. The highest BCUT2D eigenvalue weighted by Gasteiger charge is 2.27. The van der Waals surface area contributed by atoms with Gasteiger partial charge in [0.25, 0.3) is 0 Å². The first-order valence-corrected chi connectivity index (χ1v) is 6.81. The molecule has 0 radical (unpaired) electrons. The van der Waals surface area contributed by atoms with Crippen molar-refractivity contribution in [3.05, 3.63) is 18.5 Å². The van der Waals surface area contributed by atoms with E-state index in [1.54, 1.807) is 4.90 Å². The van der Waals surface area contributed by atoms with E-state index in [1.807, 2.05) is 39.2 Å². The molecule has 1 fully saturated rings. The number of aromatic nitrogens is 1. The van der Waals surface area contributed by atoms with Crippen molar-refractivity contribution in [1.82, 2.24) is 9.88 Å². The first-order chi connectivity index (χ1) is 8.94. The van der Waals surface area contributed by atoms with Crippen LogP contribution in [-0.2, 0) is 4.74 Å². The van der Waals surface area contributed by atoms with E-state index in [0.717, 1.165) is 25.1 Å². The molecule has 2 N–H and O–H groups in total. The van der Waals surface area contributed by atoms with Gasteiger partial charge in [0.2, 0.25) is 0 Å². The van der Waals surface area contributed by atoms with Crippen molar-refractivity contribution >= 4 is 11.8 Å². The van der Waals surface area contributed by atoms with Crippen molar-refractivity contribution < 1.29 is 9.53 Å². The van der Waals surface area contributed by atoms with Crippen LogP contribution in [0.25, 0.3) is 0 Å². The maximum atomic E-state index is 12.0. The summed E-state index contributed by atoms with van der Waals surface area (Å²) >= 11 is 0. The normalized spacial score (nSPS) is 20.2. The fourth-order valence-corrected chi connectivity index (χ4v) is 2.24. The number of piperidine rings is 1. The number of hydrogen-bond donors (Lipinski definition) is 2. The van der Waals surface area contributed by atoms with Crippen molar-refractivity contribution in [3.63, 3.8) is 0 Å². The summed E-state index contributed by atoms with van der Waals surface area (Å²) in [5.74, 6) is 0. The smallest absolute Gasteiger partial charge is 0.410 e. The lowest BCUT2D eigenvalue weighted by molar-refractivity contribution is 0.0206. The molecule has 19 heavy (non-hydrogen) atoms. The van der Waals surface area contributed by atoms with Gasteiger partial charge in [-0.15, -0.1) is 0 Å². The minimum absolute atomic E-state index is 0.215. The lowest BCUT2D eigenvalue weighted by Crippen LogP contribution is -2.46. The second-order valence-corrected chi connectivity index (χ2v) is 6.01. The highest BCUT2D eigenvalue weighted by molar-refractivity contribution is 5.68. The summed E-state index contributed by atoms with van der Waals surface area (Å²) in [5, 5.41) is 3.43. The zero-order chi connectivity index (χ0) is 13.9. The maximum absolute atomic E-state index is 12.0. The lowest BCUT2D eigenvalue weighted by atomic mass is 10.1. The highest BCUT2D eigenvalue weighted by Crippen LogP contribution is 2.18. The second kappa shape index (κ2) is 5.55. The fraction of sp³-hybridized carbons (Fsp3) is 0.643. The highest BCUT2D eigenvalue weighted by atomic mass is 16.6. The molecule has 106 valence electrons. The number of hydrogen-bond acceptors (Lipinski definition) is 3. The van der Waals surface area contributed by atoms with Gasteiger partial charge >= 0.3 is 6.09 Å². The van der Waals surface area contributed by atoms with Crippen molar-refractivity contribution in [2.75, 3.05) is 18.4 Å². The van der Waals surface area contributed by atoms with Crippen LogP contribution < -0.4 is 5.32 Å². The van der Waals surface area contributed by atoms with E-state index in [2.05, 4.69) is 10.3 Å². The Morgan fingerprint density at radius 3 is 2.95 bits per heavy atom. The number of aromatic amines is 1. The van der Waals surface area contributed by atoms with Gasteiger partial charge in [-0.1, -0.05) is 0 Å². The second-order valence-electron chi connectivity index (χ2n) is 6.01. The van der Waals surface area contributed by atoms with Crippen LogP contribution in [0, 0.1) is 0 Å². The zero-order valence-corrected chi connectivity index (χ0v) is 11.9. The summed E-state index contributed by atoms with van der Waals surface area (Å²) in [6, 6.07) is 2.28. The van der Waals surface area contributed by atoms with Gasteiger partial charge in [0.15, 0.2) is 0 Å². The number of likely N-dealkylation sites (tertiary alicyclic amines) is 1. The molecule has 1 atom stereocenters. The van der Waals surface area contributed by atoms with Crippen LogP contribution in [0.15, 0.2) is 18.5 Å². The number of H-pyrrole nitrogens is 1. The number of rotatable bonds is 2. The van der Waals surface area contributed by atoms with Crippen molar-refractivity contribution in [2.45, 2.75) is 45.3 Å². The molecule has 1 aromatic rings. The summed E-state index contributed by atoms with van der Waals surface area (Å²) in [4.78, 5) is 16.8. The van der Waals surface area contributed by atoms with Crippen molar-refractivity contribution in [2.24, 2.45) is 0 Å². The van der Waals surface area contributed by atoms with Crippen LogP contribution in [0.5, 0.6) is 0 Å². The van der Waals surface area contributed by atoms with E-state index < -0.39 is 5.60 Å². The maximum Gasteiger partial charge on any atom is 0.410 e. The lowest BCUT2D eigenvalue weighted by Gasteiger charge is -2.34. The van der Waals surface area contributed by atoms with Crippen LogP contribution in [0.2, 0.25) is 0 Å². The van der Waals surface area contributed by atoms with Gasteiger partial charge in [0, 0.05) is 31.5 Å². The predicted molar refractivity (Wildman–Crippen MR) is 75.2 cm³/mol. The first kappa shape index (κ1) is 13.8. The standard InChI is InChI=1S/C14H23N3O2/c1-14(2,3)19-13(18)17-8-4-5-12(10-17)16-11-6-7-15-9-11/h6-7,9,12,15-16H,4-5,8,10H2,1-3H3/t12-/m1/s1. The fourth-order valence-electron chi connectivity index (χ4n) is 2.24. The van der Waals surface area contributed by atoms with Crippen LogP contribution in [0.4, 0.5) is 10.5 Å². The molecule has 0 saturated carbocycles. The van der Waals surface area contributed by atoms with Gasteiger partial charge in [0.05, 0.1) is 5.69 Å². The number of carbonyl (C=O) groups excluding carboxylic acids is 1. The summed E-state index contributed by atoms with van der Waals surface area (Å²) < 4.78 is 5.41. The molecule has 1 aliphatic rings. The molecule has 1 aliphatic heterocycles. The van der Waals surface area contributed by atoms with Gasteiger partial charge in [-0.05, 0) is 39.7 Å². The minimum Gasteiger partial charge on any atom is -0.444 e. The molecule has 0 aliphatic carbocycles. The molecule has 2 rings (SSSR count). The Morgan fingerprint density at radius 2 is 2.32 bits per heavy atom. The molecule has 0 unspecified atom stereocenters. The van der Waals surface area contributed by atoms with E-state index >= 15 is 0 Å². The Kier molecular flexibility index (Phi) is 4.02. The van der Waals surface area contributed by atoms with Gasteiger partial charge in [-0.3, -0.25) is 0 Å². The molecule has 0 bridgehead atoms. The largest absolute Gasteiger partial charge is 0.444 e. The van der Waals surface area contributed by atoms with Crippen LogP contribution in [0.3, 0.4) is 0 Å². The summed E-state index contributed by atoms with van der Waals surface area (Å²) in [6.45, 7) is 7.15. The van der Waals surface area contributed by atoms with Crippen molar-refractivity contribution in [1.29, 1.82) is 0 Å². The average molecular weight is 265 g/mol. The van der Waals surface area contributed by atoms with E-state index in [9.17, 15) is 4.79 Å². The number of amides is 1. The first-order valence-electron chi connectivity index (χ1n) is 6.81. The molecule has 5 heteroatoms. The van der Waals surface area contributed by atoms with Gasteiger partial charge < -0.3 is 19.9 Å². The predicted octanol–water partition coefficient (Wildman–Crippen LogP) is 2.83. The van der Waals surface area contributed by atoms with Crippen molar-refractivity contribution in [3.8, 4) is 0 Å². The van der Waals surface area contributed by atoms with Gasteiger partial charge in [-0.2, -0.15) is 0 Å². The average Bonchev–Trinajstić information content (AvgIpc) is 2.80. The van der Waals surface area contributed by atoms with Crippen LogP contribution >= 0.6 is 0 Å². The minimum atomic E-state index is -0.432. The number of ether oxygens (including phenoxy) is 1. The summed E-state index contributed by atoms with van der Waals surface area (Å²) in [7, 11) is 0. The number of nitrogens with one attached hydrogen (secondary N) is 2. The van der Waals surface area contributed by atoms with Gasteiger partial charge in [-0.25, -0.2) is 4.79 Å². The number of anilines is 1. The molecule has 0 spiro atoms.